The number of hydrogen-bond donors (Lipinski definition) is 0. The molecule has 0 N–H and O–H groups in total. The SMILES string of the molecule is CC(=O)C(C)Sc1nnc(-c2ccc(Cl)cc2)n1-c1ccccc1. The third-order valence-electron chi connectivity index (χ3n) is 3.60. The number of rotatable bonds is 5. The third kappa shape index (κ3) is 3.52. The zero-order valence-electron chi connectivity index (χ0n) is 13.3. The van der Waals surface area contributed by atoms with E-state index in [1.54, 1.807) is 6.92 Å². The first-order valence-electron chi connectivity index (χ1n) is 7.50. The molecule has 3 rings (SSSR count). The summed E-state index contributed by atoms with van der Waals surface area (Å²) in [7, 11) is 0. The van der Waals surface area contributed by atoms with Crippen LogP contribution in [0.15, 0.2) is 59.8 Å². The van der Waals surface area contributed by atoms with Crippen molar-refractivity contribution < 1.29 is 4.79 Å². The molecule has 0 spiro atoms. The van der Waals surface area contributed by atoms with E-state index in [4.69, 9.17) is 11.6 Å². The Morgan fingerprint density at radius 3 is 2.38 bits per heavy atom. The number of benzene rings is 2. The number of aromatic nitrogens is 3. The zero-order valence-corrected chi connectivity index (χ0v) is 14.9. The second kappa shape index (κ2) is 7.20. The molecule has 4 nitrogen and oxygen atoms in total. The number of Topliss-reactive ketones (excluding diaryl/α,β-unsaturated/α-hetero) is 1. The number of ketones is 1. The van der Waals surface area contributed by atoms with Crippen LogP contribution < -0.4 is 0 Å². The van der Waals surface area contributed by atoms with Crippen LogP contribution in [0.1, 0.15) is 13.8 Å². The van der Waals surface area contributed by atoms with Crippen molar-refractivity contribution in [2.75, 3.05) is 0 Å². The van der Waals surface area contributed by atoms with Gasteiger partial charge in [-0.3, -0.25) is 9.36 Å². The smallest absolute Gasteiger partial charge is 0.196 e. The molecule has 122 valence electrons. The topological polar surface area (TPSA) is 47.8 Å². The Kier molecular flexibility index (Phi) is 5.02. The summed E-state index contributed by atoms with van der Waals surface area (Å²) in [6.07, 6.45) is 0. The van der Waals surface area contributed by atoms with Gasteiger partial charge in [-0.1, -0.05) is 41.6 Å². The standard InChI is InChI=1S/C18H16ClN3OS/c1-12(23)13(2)24-18-21-20-17(14-8-10-15(19)11-9-14)22(18)16-6-4-3-5-7-16/h3-11,13H,1-2H3. The molecule has 0 aliphatic heterocycles. The number of thioether (sulfide) groups is 1. The van der Waals surface area contributed by atoms with Gasteiger partial charge in [0.05, 0.1) is 5.25 Å². The van der Waals surface area contributed by atoms with Crippen LogP contribution in [0.4, 0.5) is 0 Å². The number of carbonyl (C=O) groups is 1. The average Bonchev–Trinajstić information content (AvgIpc) is 2.99. The first kappa shape index (κ1) is 16.7. The lowest BCUT2D eigenvalue weighted by Gasteiger charge is -2.12. The zero-order chi connectivity index (χ0) is 17.1. The summed E-state index contributed by atoms with van der Waals surface area (Å²) < 4.78 is 1.97. The van der Waals surface area contributed by atoms with Crippen molar-refractivity contribution >= 4 is 29.1 Å². The van der Waals surface area contributed by atoms with E-state index in [2.05, 4.69) is 10.2 Å². The van der Waals surface area contributed by atoms with Gasteiger partial charge in [0.25, 0.3) is 0 Å². The second-order valence-corrected chi connectivity index (χ2v) is 7.10. The lowest BCUT2D eigenvalue weighted by molar-refractivity contribution is -0.116. The van der Waals surface area contributed by atoms with Crippen LogP contribution in [-0.2, 0) is 4.79 Å². The van der Waals surface area contributed by atoms with Gasteiger partial charge in [0.2, 0.25) is 0 Å². The van der Waals surface area contributed by atoms with E-state index in [-0.39, 0.29) is 11.0 Å². The molecule has 6 heteroatoms. The molecular formula is C18H16ClN3OS. The van der Waals surface area contributed by atoms with Crippen molar-refractivity contribution in [2.24, 2.45) is 0 Å². The first-order chi connectivity index (χ1) is 11.6. The van der Waals surface area contributed by atoms with Gasteiger partial charge in [-0.15, -0.1) is 10.2 Å². The van der Waals surface area contributed by atoms with Gasteiger partial charge in [0.15, 0.2) is 11.0 Å². The summed E-state index contributed by atoms with van der Waals surface area (Å²) in [6, 6.07) is 17.3. The largest absolute Gasteiger partial charge is 0.299 e. The fraction of sp³-hybridized carbons (Fsp3) is 0.167. The van der Waals surface area contributed by atoms with E-state index >= 15 is 0 Å². The Hall–Kier alpha value is -2.11. The predicted octanol–water partition coefficient (Wildman–Crippen LogP) is 4.66. The van der Waals surface area contributed by atoms with Crippen molar-refractivity contribution in [3.8, 4) is 17.1 Å². The fourth-order valence-corrected chi connectivity index (χ4v) is 3.18. The maximum atomic E-state index is 11.6. The van der Waals surface area contributed by atoms with Crippen LogP contribution in [0.3, 0.4) is 0 Å². The van der Waals surface area contributed by atoms with Gasteiger partial charge < -0.3 is 0 Å². The molecule has 0 fully saturated rings. The quantitative estimate of drug-likeness (QED) is 0.623. The van der Waals surface area contributed by atoms with E-state index < -0.39 is 0 Å². The molecule has 2 aromatic carbocycles. The van der Waals surface area contributed by atoms with Gasteiger partial charge in [0.1, 0.15) is 5.78 Å². The van der Waals surface area contributed by atoms with Gasteiger partial charge in [-0.2, -0.15) is 0 Å². The van der Waals surface area contributed by atoms with E-state index in [0.29, 0.717) is 10.2 Å². The van der Waals surface area contributed by atoms with Crippen LogP contribution in [0.2, 0.25) is 5.02 Å². The fourth-order valence-electron chi connectivity index (χ4n) is 2.18. The van der Waals surface area contributed by atoms with Crippen LogP contribution in [-0.4, -0.2) is 25.8 Å². The van der Waals surface area contributed by atoms with E-state index in [1.165, 1.54) is 11.8 Å². The van der Waals surface area contributed by atoms with Crippen molar-refractivity contribution in [3.63, 3.8) is 0 Å². The highest BCUT2D eigenvalue weighted by atomic mass is 35.5. The van der Waals surface area contributed by atoms with Crippen LogP contribution >= 0.6 is 23.4 Å². The van der Waals surface area contributed by atoms with Crippen molar-refractivity contribution in [3.05, 3.63) is 59.6 Å². The Labute approximate surface area is 149 Å². The Morgan fingerprint density at radius 2 is 1.75 bits per heavy atom. The summed E-state index contributed by atoms with van der Waals surface area (Å²) in [6.45, 7) is 3.46. The maximum Gasteiger partial charge on any atom is 0.196 e. The predicted molar refractivity (Wildman–Crippen MR) is 97.8 cm³/mol. The minimum absolute atomic E-state index is 0.107. The molecule has 0 radical (unpaired) electrons. The first-order valence-corrected chi connectivity index (χ1v) is 8.76. The number of nitrogens with zero attached hydrogens (tertiary/aromatic N) is 3. The molecule has 0 amide bonds. The molecule has 1 unspecified atom stereocenters. The highest BCUT2D eigenvalue weighted by Crippen LogP contribution is 2.30. The Balaban J connectivity index is 2.11. The normalized spacial score (nSPS) is 12.1. The number of carbonyl (C=O) groups excluding carboxylic acids is 1. The summed E-state index contributed by atoms with van der Waals surface area (Å²) in [5.74, 6) is 0.826. The minimum Gasteiger partial charge on any atom is -0.299 e. The highest BCUT2D eigenvalue weighted by molar-refractivity contribution is 8.00. The van der Waals surface area contributed by atoms with Crippen molar-refractivity contribution in [1.29, 1.82) is 0 Å². The molecule has 1 heterocycles. The third-order valence-corrected chi connectivity index (χ3v) is 5.02. The van der Waals surface area contributed by atoms with E-state index in [1.807, 2.05) is 66.1 Å². The van der Waals surface area contributed by atoms with E-state index in [9.17, 15) is 4.79 Å². The number of para-hydroxylation sites is 1. The summed E-state index contributed by atoms with van der Waals surface area (Å²) in [4.78, 5) is 11.6. The van der Waals surface area contributed by atoms with Gasteiger partial charge in [-0.25, -0.2) is 0 Å². The molecule has 0 saturated heterocycles. The average molecular weight is 358 g/mol. The van der Waals surface area contributed by atoms with Crippen LogP contribution in [0.5, 0.6) is 0 Å². The molecule has 24 heavy (non-hydrogen) atoms. The molecule has 0 aliphatic carbocycles. The summed E-state index contributed by atoms with van der Waals surface area (Å²) >= 11 is 7.39. The van der Waals surface area contributed by atoms with Gasteiger partial charge in [-0.05, 0) is 50.2 Å². The lowest BCUT2D eigenvalue weighted by Crippen LogP contribution is -2.10. The molecule has 1 aromatic heterocycles. The molecule has 1 atom stereocenters. The maximum absolute atomic E-state index is 11.6. The molecule has 3 aromatic rings. The van der Waals surface area contributed by atoms with Gasteiger partial charge >= 0.3 is 0 Å². The minimum atomic E-state index is -0.185. The van der Waals surface area contributed by atoms with Crippen LogP contribution in [0, 0.1) is 0 Å². The van der Waals surface area contributed by atoms with Crippen molar-refractivity contribution in [2.45, 2.75) is 24.3 Å². The monoisotopic (exact) mass is 357 g/mol. The molecule has 0 saturated carbocycles. The summed E-state index contributed by atoms with van der Waals surface area (Å²) in [5.41, 5.74) is 1.86. The Morgan fingerprint density at radius 1 is 1.08 bits per heavy atom. The van der Waals surface area contributed by atoms with Gasteiger partial charge in [0, 0.05) is 16.3 Å². The number of hydrogen-bond acceptors (Lipinski definition) is 4. The number of halogens is 1. The highest BCUT2D eigenvalue weighted by Gasteiger charge is 2.19. The molecule has 0 bridgehead atoms. The Bertz CT molecular complexity index is 846. The summed E-state index contributed by atoms with van der Waals surface area (Å²) in [5, 5.41) is 9.82. The van der Waals surface area contributed by atoms with Crippen LogP contribution in [0.25, 0.3) is 17.1 Å². The molecule has 0 aliphatic rings. The second-order valence-electron chi connectivity index (χ2n) is 5.35. The van der Waals surface area contributed by atoms with Crippen molar-refractivity contribution in [1.82, 2.24) is 14.8 Å². The van der Waals surface area contributed by atoms with E-state index in [0.717, 1.165) is 17.1 Å². The lowest BCUT2D eigenvalue weighted by atomic mass is 10.2. The molecular weight excluding hydrogens is 342 g/mol.